The highest BCUT2D eigenvalue weighted by Gasteiger charge is 2.14. The molecule has 8 heteroatoms. The molecule has 3 aromatic rings. The van der Waals surface area contributed by atoms with Crippen LogP contribution in [0.15, 0.2) is 72.8 Å². The zero-order valence-corrected chi connectivity index (χ0v) is 19.5. The summed E-state index contributed by atoms with van der Waals surface area (Å²) in [5, 5.41) is 3.27. The molecule has 176 valence electrons. The Morgan fingerprint density at radius 1 is 0.824 bits per heavy atom. The minimum absolute atomic E-state index is 0.0488. The van der Waals surface area contributed by atoms with Crippen molar-refractivity contribution in [1.82, 2.24) is 10.9 Å². The summed E-state index contributed by atoms with van der Waals surface area (Å²) in [7, 11) is 0. The summed E-state index contributed by atoms with van der Waals surface area (Å²) in [5.74, 6) is -0.915. The zero-order valence-electron chi connectivity index (χ0n) is 18.8. The van der Waals surface area contributed by atoms with Crippen LogP contribution in [0.4, 0.5) is 5.69 Å². The molecule has 0 radical (unpaired) electrons. The number of nitrogens with one attached hydrogen (secondary N) is 3. The Bertz CT molecular complexity index is 1150. The Morgan fingerprint density at radius 2 is 1.53 bits per heavy atom. The van der Waals surface area contributed by atoms with E-state index in [0.29, 0.717) is 35.1 Å². The Morgan fingerprint density at radius 3 is 2.32 bits per heavy atom. The molecule has 0 atom stereocenters. The molecule has 0 saturated heterocycles. The minimum Gasteiger partial charge on any atom is -0.492 e. The Hall–Kier alpha value is -3.84. The van der Waals surface area contributed by atoms with Gasteiger partial charge in [0.1, 0.15) is 5.75 Å². The Labute approximate surface area is 203 Å². The lowest BCUT2D eigenvalue weighted by Gasteiger charge is -2.12. The van der Waals surface area contributed by atoms with Crippen LogP contribution >= 0.6 is 11.6 Å². The van der Waals surface area contributed by atoms with E-state index in [1.165, 1.54) is 0 Å². The van der Waals surface area contributed by atoms with Gasteiger partial charge in [0.25, 0.3) is 5.91 Å². The Balaban J connectivity index is 1.44. The number of hydrazine groups is 1. The highest BCUT2D eigenvalue weighted by molar-refractivity contribution is 6.31. The lowest BCUT2D eigenvalue weighted by Crippen LogP contribution is -2.42. The number of halogens is 1. The molecule has 0 unspecified atom stereocenters. The first-order valence-electron chi connectivity index (χ1n) is 10.8. The maximum absolute atomic E-state index is 12.6. The van der Waals surface area contributed by atoms with Gasteiger partial charge in [-0.2, -0.15) is 0 Å². The second-order valence-electron chi connectivity index (χ2n) is 7.54. The predicted molar refractivity (Wildman–Crippen MR) is 132 cm³/mol. The lowest BCUT2D eigenvalue weighted by atomic mass is 10.1. The number of rotatable bonds is 9. The van der Waals surface area contributed by atoms with Crippen molar-refractivity contribution in [3.8, 4) is 5.75 Å². The third-order valence-electron chi connectivity index (χ3n) is 5.06. The second kappa shape index (κ2) is 12.4. The van der Waals surface area contributed by atoms with Crippen molar-refractivity contribution in [2.45, 2.75) is 26.2 Å². The van der Waals surface area contributed by atoms with Crippen molar-refractivity contribution < 1.29 is 19.1 Å². The fourth-order valence-corrected chi connectivity index (χ4v) is 3.32. The van der Waals surface area contributed by atoms with Crippen LogP contribution in [-0.2, 0) is 16.0 Å². The van der Waals surface area contributed by atoms with Gasteiger partial charge in [0.2, 0.25) is 11.8 Å². The first-order chi connectivity index (χ1) is 16.4. The van der Waals surface area contributed by atoms with Crippen LogP contribution in [0.2, 0.25) is 5.02 Å². The van der Waals surface area contributed by atoms with Crippen molar-refractivity contribution in [2.75, 3.05) is 11.9 Å². The van der Waals surface area contributed by atoms with E-state index >= 15 is 0 Å². The van der Waals surface area contributed by atoms with Crippen molar-refractivity contribution in [1.29, 1.82) is 0 Å². The molecule has 7 nitrogen and oxygen atoms in total. The molecule has 0 saturated carbocycles. The first-order valence-corrected chi connectivity index (χ1v) is 11.2. The average molecular weight is 480 g/mol. The van der Waals surface area contributed by atoms with E-state index in [2.05, 4.69) is 16.2 Å². The van der Waals surface area contributed by atoms with Gasteiger partial charge in [-0.3, -0.25) is 25.2 Å². The summed E-state index contributed by atoms with van der Waals surface area (Å²) in [6.45, 7) is 2.20. The highest BCUT2D eigenvalue weighted by Crippen LogP contribution is 2.23. The van der Waals surface area contributed by atoms with Gasteiger partial charge in [0, 0.05) is 30.0 Å². The summed E-state index contributed by atoms with van der Waals surface area (Å²) in [5.41, 5.74) is 7.47. The van der Waals surface area contributed by atoms with Crippen LogP contribution in [0.5, 0.6) is 5.75 Å². The largest absolute Gasteiger partial charge is 0.492 e. The van der Waals surface area contributed by atoms with Crippen molar-refractivity contribution in [3.05, 3.63) is 94.5 Å². The molecule has 0 fully saturated rings. The summed E-state index contributed by atoms with van der Waals surface area (Å²) in [6.07, 6.45) is 0.554. The number of carbonyl (C=O) groups is 3. The third kappa shape index (κ3) is 7.35. The van der Waals surface area contributed by atoms with Crippen molar-refractivity contribution in [2.24, 2.45) is 0 Å². The molecule has 0 spiro atoms. The van der Waals surface area contributed by atoms with Crippen LogP contribution in [-0.4, -0.2) is 24.3 Å². The van der Waals surface area contributed by atoms with E-state index in [9.17, 15) is 14.4 Å². The summed E-state index contributed by atoms with van der Waals surface area (Å²) in [4.78, 5) is 36.8. The molecule has 0 aromatic heterocycles. The lowest BCUT2D eigenvalue weighted by molar-refractivity contribution is -0.124. The molecule has 34 heavy (non-hydrogen) atoms. The van der Waals surface area contributed by atoms with Gasteiger partial charge in [-0.1, -0.05) is 60.1 Å². The fraction of sp³-hybridized carbons (Fsp3) is 0.192. The molecule has 3 N–H and O–H groups in total. The number of benzene rings is 3. The molecular formula is C26H26ClN3O4. The van der Waals surface area contributed by atoms with Crippen LogP contribution in [0, 0.1) is 6.92 Å². The maximum atomic E-state index is 12.6. The number of carbonyl (C=O) groups excluding carboxylic acids is 3. The molecule has 0 aliphatic rings. The number of hydrogen-bond donors (Lipinski definition) is 3. The smallest absolute Gasteiger partial charge is 0.273 e. The molecule has 3 aromatic carbocycles. The number of amides is 3. The SMILES string of the molecule is Cc1c(Cl)cccc1NC(=O)CCC(=O)NNC(=O)c1ccccc1OCCc1ccccc1. The van der Waals surface area contributed by atoms with E-state index in [0.717, 1.165) is 11.1 Å². The number of hydrogen-bond acceptors (Lipinski definition) is 4. The van der Waals surface area contributed by atoms with E-state index in [4.69, 9.17) is 16.3 Å². The van der Waals surface area contributed by atoms with Gasteiger partial charge in [-0.25, -0.2) is 0 Å². The monoisotopic (exact) mass is 479 g/mol. The third-order valence-corrected chi connectivity index (χ3v) is 5.47. The van der Waals surface area contributed by atoms with Crippen LogP contribution in [0.25, 0.3) is 0 Å². The van der Waals surface area contributed by atoms with Crippen LogP contribution in [0.1, 0.15) is 34.3 Å². The highest BCUT2D eigenvalue weighted by atomic mass is 35.5. The number of anilines is 1. The normalized spacial score (nSPS) is 10.3. The van der Waals surface area contributed by atoms with E-state index < -0.39 is 11.8 Å². The standard InChI is InChI=1S/C26H26ClN3O4/c1-18-21(27)11-7-12-22(18)28-24(31)14-15-25(32)29-30-26(33)20-10-5-6-13-23(20)34-17-16-19-8-3-2-4-9-19/h2-13H,14-17H2,1H3,(H,28,31)(H,29,32)(H,30,33). The molecule has 3 rings (SSSR count). The summed E-state index contributed by atoms with van der Waals surface area (Å²) in [6, 6.07) is 21.9. The van der Waals surface area contributed by atoms with Crippen LogP contribution < -0.4 is 20.9 Å². The van der Waals surface area contributed by atoms with Gasteiger partial charge >= 0.3 is 0 Å². The van der Waals surface area contributed by atoms with Gasteiger partial charge in [0.05, 0.1) is 12.2 Å². The summed E-state index contributed by atoms with van der Waals surface area (Å²) < 4.78 is 5.79. The molecule has 0 aliphatic heterocycles. The fourth-order valence-electron chi connectivity index (χ4n) is 3.14. The van der Waals surface area contributed by atoms with Gasteiger partial charge in [-0.15, -0.1) is 0 Å². The van der Waals surface area contributed by atoms with E-state index in [1.54, 1.807) is 49.4 Å². The van der Waals surface area contributed by atoms with Crippen molar-refractivity contribution in [3.63, 3.8) is 0 Å². The van der Waals surface area contributed by atoms with Gasteiger partial charge in [-0.05, 0) is 42.3 Å². The quantitative estimate of drug-likeness (QED) is 0.395. The molecule has 0 bridgehead atoms. The molecule has 0 heterocycles. The van der Waals surface area contributed by atoms with Crippen LogP contribution in [0.3, 0.4) is 0 Å². The van der Waals surface area contributed by atoms with Crippen molar-refractivity contribution >= 4 is 35.0 Å². The first kappa shape index (κ1) is 24.8. The van der Waals surface area contributed by atoms with Gasteiger partial charge in [0.15, 0.2) is 0 Å². The topological polar surface area (TPSA) is 96.5 Å². The maximum Gasteiger partial charge on any atom is 0.273 e. The summed E-state index contributed by atoms with van der Waals surface area (Å²) >= 11 is 6.05. The van der Waals surface area contributed by atoms with E-state index in [-0.39, 0.29) is 18.7 Å². The number of ether oxygens (including phenoxy) is 1. The minimum atomic E-state index is -0.511. The molecule has 3 amide bonds. The van der Waals surface area contributed by atoms with E-state index in [1.807, 2.05) is 30.3 Å². The second-order valence-corrected chi connectivity index (χ2v) is 7.95. The van der Waals surface area contributed by atoms with Gasteiger partial charge < -0.3 is 10.1 Å². The zero-order chi connectivity index (χ0) is 24.3. The molecular weight excluding hydrogens is 454 g/mol. The number of para-hydroxylation sites is 1. The Kier molecular flexibility index (Phi) is 9.05. The predicted octanol–water partition coefficient (Wildman–Crippen LogP) is 4.45. The average Bonchev–Trinajstić information content (AvgIpc) is 2.85. The molecule has 0 aliphatic carbocycles.